The summed E-state index contributed by atoms with van der Waals surface area (Å²) in [6, 6.07) is 5.81. The molecule has 1 aliphatic rings. The number of halogens is 1. The summed E-state index contributed by atoms with van der Waals surface area (Å²) < 4.78 is 14.7. The van der Waals surface area contributed by atoms with Crippen molar-refractivity contribution in [3.63, 3.8) is 0 Å². The highest BCUT2D eigenvalue weighted by Gasteiger charge is 2.29. The van der Waals surface area contributed by atoms with E-state index < -0.39 is 0 Å². The zero-order valence-electron chi connectivity index (χ0n) is 12.5. The van der Waals surface area contributed by atoms with E-state index in [1.165, 1.54) is 24.7 Å². The van der Waals surface area contributed by atoms with Crippen molar-refractivity contribution in [1.29, 1.82) is 0 Å². The second-order valence-electron chi connectivity index (χ2n) is 5.62. The standard InChI is InChI=1S/C16H17FN4O2/c17-12-3-5-13(6-4-12)21-10-19-8-14(21)16(23)20-7-1-2-11(9-20)15(18)22/h3-6,8,10-11H,1-2,7,9H2,(H2,18,22). The van der Waals surface area contributed by atoms with E-state index in [2.05, 4.69) is 4.98 Å². The van der Waals surface area contributed by atoms with Gasteiger partial charge in [-0.05, 0) is 37.1 Å². The summed E-state index contributed by atoms with van der Waals surface area (Å²) in [5.74, 6) is -1.25. The van der Waals surface area contributed by atoms with Crippen LogP contribution in [0.15, 0.2) is 36.8 Å². The van der Waals surface area contributed by atoms with Gasteiger partial charge >= 0.3 is 0 Å². The van der Waals surface area contributed by atoms with Gasteiger partial charge in [-0.25, -0.2) is 9.37 Å². The summed E-state index contributed by atoms with van der Waals surface area (Å²) >= 11 is 0. The zero-order chi connectivity index (χ0) is 16.4. The van der Waals surface area contributed by atoms with E-state index in [0.717, 1.165) is 6.42 Å². The minimum atomic E-state index is -0.380. The summed E-state index contributed by atoms with van der Waals surface area (Å²) in [4.78, 5) is 29.7. The van der Waals surface area contributed by atoms with Crippen molar-refractivity contribution >= 4 is 11.8 Å². The van der Waals surface area contributed by atoms with Crippen molar-refractivity contribution in [2.24, 2.45) is 11.7 Å². The number of piperidine rings is 1. The average Bonchev–Trinajstić information content (AvgIpc) is 3.04. The lowest BCUT2D eigenvalue weighted by molar-refractivity contribution is -0.123. The number of carbonyl (C=O) groups excluding carboxylic acids is 2. The third-order valence-corrected chi connectivity index (χ3v) is 4.07. The van der Waals surface area contributed by atoms with Crippen LogP contribution in [0, 0.1) is 11.7 Å². The van der Waals surface area contributed by atoms with E-state index in [1.54, 1.807) is 21.6 Å². The van der Waals surface area contributed by atoms with Crippen LogP contribution in [0.5, 0.6) is 0 Å². The number of aromatic nitrogens is 2. The summed E-state index contributed by atoms with van der Waals surface area (Å²) in [6.45, 7) is 0.903. The highest BCUT2D eigenvalue weighted by Crippen LogP contribution is 2.20. The molecule has 6 nitrogen and oxygen atoms in total. The SMILES string of the molecule is NC(=O)C1CCCN(C(=O)c2cncn2-c2ccc(F)cc2)C1. The van der Waals surface area contributed by atoms with Crippen molar-refractivity contribution in [1.82, 2.24) is 14.5 Å². The van der Waals surface area contributed by atoms with Gasteiger partial charge in [0.05, 0.1) is 18.4 Å². The van der Waals surface area contributed by atoms with Crippen molar-refractivity contribution < 1.29 is 14.0 Å². The van der Waals surface area contributed by atoms with Crippen LogP contribution in [0.3, 0.4) is 0 Å². The second kappa shape index (κ2) is 6.20. The van der Waals surface area contributed by atoms with Gasteiger partial charge < -0.3 is 10.6 Å². The summed E-state index contributed by atoms with van der Waals surface area (Å²) in [5.41, 5.74) is 6.38. The Morgan fingerprint density at radius 3 is 2.70 bits per heavy atom. The van der Waals surface area contributed by atoms with Gasteiger partial charge in [0.25, 0.3) is 5.91 Å². The number of benzene rings is 1. The van der Waals surface area contributed by atoms with Gasteiger partial charge in [0, 0.05) is 18.8 Å². The predicted molar refractivity (Wildman–Crippen MR) is 81.3 cm³/mol. The van der Waals surface area contributed by atoms with Crippen LogP contribution < -0.4 is 5.73 Å². The van der Waals surface area contributed by atoms with Gasteiger partial charge in [-0.2, -0.15) is 0 Å². The molecule has 2 heterocycles. The maximum atomic E-state index is 13.1. The molecule has 1 aliphatic heterocycles. The lowest BCUT2D eigenvalue weighted by Gasteiger charge is -2.31. The summed E-state index contributed by atoms with van der Waals surface area (Å²) in [5, 5.41) is 0. The fourth-order valence-electron chi connectivity index (χ4n) is 2.82. The number of likely N-dealkylation sites (tertiary alicyclic amines) is 1. The van der Waals surface area contributed by atoms with E-state index >= 15 is 0 Å². The Hall–Kier alpha value is -2.70. The molecule has 0 saturated carbocycles. The molecule has 0 bridgehead atoms. The summed E-state index contributed by atoms with van der Waals surface area (Å²) in [6.07, 6.45) is 4.43. The number of carbonyl (C=O) groups is 2. The van der Waals surface area contributed by atoms with Crippen LogP contribution in [0.4, 0.5) is 4.39 Å². The third kappa shape index (κ3) is 3.08. The van der Waals surface area contributed by atoms with Crippen molar-refractivity contribution in [3.8, 4) is 5.69 Å². The first kappa shape index (κ1) is 15.2. The van der Waals surface area contributed by atoms with E-state index in [-0.39, 0.29) is 23.5 Å². The first-order valence-electron chi connectivity index (χ1n) is 7.43. The monoisotopic (exact) mass is 316 g/mol. The Kier molecular flexibility index (Phi) is 4.10. The van der Waals surface area contributed by atoms with Crippen LogP contribution in [-0.2, 0) is 4.79 Å². The van der Waals surface area contributed by atoms with Crippen LogP contribution in [0.2, 0.25) is 0 Å². The van der Waals surface area contributed by atoms with Gasteiger partial charge in [-0.1, -0.05) is 0 Å². The van der Waals surface area contributed by atoms with E-state index in [4.69, 9.17) is 5.73 Å². The van der Waals surface area contributed by atoms with Crippen LogP contribution in [0.25, 0.3) is 5.69 Å². The fourth-order valence-corrected chi connectivity index (χ4v) is 2.82. The number of imidazole rings is 1. The minimum absolute atomic E-state index is 0.210. The Morgan fingerprint density at radius 1 is 1.26 bits per heavy atom. The lowest BCUT2D eigenvalue weighted by Crippen LogP contribution is -2.44. The van der Waals surface area contributed by atoms with Crippen molar-refractivity contribution in [2.75, 3.05) is 13.1 Å². The normalized spacial score (nSPS) is 18.0. The van der Waals surface area contributed by atoms with Gasteiger partial charge in [-0.3, -0.25) is 14.2 Å². The molecule has 2 amide bonds. The molecule has 1 aromatic carbocycles. The van der Waals surface area contributed by atoms with Crippen LogP contribution >= 0.6 is 0 Å². The topological polar surface area (TPSA) is 81.2 Å². The molecule has 2 N–H and O–H groups in total. The molecular weight excluding hydrogens is 299 g/mol. The summed E-state index contributed by atoms with van der Waals surface area (Å²) in [7, 11) is 0. The Labute approximate surface area is 132 Å². The molecule has 7 heteroatoms. The lowest BCUT2D eigenvalue weighted by atomic mass is 9.97. The number of primary amides is 1. The maximum absolute atomic E-state index is 13.1. The smallest absolute Gasteiger partial charge is 0.272 e. The number of nitrogens with two attached hydrogens (primary N) is 1. The molecule has 23 heavy (non-hydrogen) atoms. The number of amides is 2. The molecule has 0 radical (unpaired) electrons. The maximum Gasteiger partial charge on any atom is 0.272 e. The first-order chi connectivity index (χ1) is 11.1. The fraction of sp³-hybridized carbons (Fsp3) is 0.312. The Bertz CT molecular complexity index is 726. The highest BCUT2D eigenvalue weighted by atomic mass is 19.1. The largest absolute Gasteiger partial charge is 0.369 e. The van der Waals surface area contributed by atoms with Gasteiger partial charge in [0.1, 0.15) is 11.5 Å². The van der Waals surface area contributed by atoms with Crippen molar-refractivity contribution in [3.05, 3.63) is 48.3 Å². The zero-order valence-corrected chi connectivity index (χ0v) is 12.5. The molecule has 3 rings (SSSR count). The molecule has 2 aromatic rings. The molecular formula is C16H17FN4O2. The quantitative estimate of drug-likeness (QED) is 0.928. The number of hydrogen-bond donors (Lipinski definition) is 1. The molecule has 1 fully saturated rings. The Balaban J connectivity index is 1.85. The molecule has 1 aromatic heterocycles. The Morgan fingerprint density at radius 2 is 2.00 bits per heavy atom. The second-order valence-corrected chi connectivity index (χ2v) is 5.62. The van der Waals surface area contributed by atoms with Gasteiger partial charge in [0.15, 0.2) is 0 Å². The van der Waals surface area contributed by atoms with Gasteiger partial charge in [0.2, 0.25) is 5.91 Å². The predicted octanol–water partition coefficient (Wildman–Crippen LogP) is 1.35. The van der Waals surface area contributed by atoms with Crippen molar-refractivity contribution in [2.45, 2.75) is 12.8 Å². The van der Waals surface area contributed by atoms with E-state index in [0.29, 0.717) is 30.9 Å². The molecule has 120 valence electrons. The minimum Gasteiger partial charge on any atom is -0.369 e. The molecule has 0 aliphatic carbocycles. The van der Waals surface area contributed by atoms with Crippen LogP contribution in [0.1, 0.15) is 23.3 Å². The van der Waals surface area contributed by atoms with E-state index in [1.807, 2.05) is 0 Å². The molecule has 1 unspecified atom stereocenters. The third-order valence-electron chi connectivity index (χ3n) is 4.07. The number of hydrogen-bond acceptors (Lipinski definition) is 3. The molecule has 0 spiro atoms. The van der Waals surface area contributed by atoms with E-state index in [9.17, 15) is 14.0 Å². The van der Waals surface area contributed by atoms with Gasteiger partial charge in [-0.15, -0.1) is 0 Å². The number of rotatable bonds is 3. The molecule has 1 saturated heterocycles. The highest BCUT2D eigenvalue weighted by molar-refractivity contribution is 5.93. The van der Waals surface area contributed by atoms with Crippen LogP contribution in [-0.4, -0.2) is 39.4 Å². The molecule has 1 atom stereocenters. The number of nitrogens with zero attached hydrogens (tertiary/aromatic N) is 3. The average molecular weight is 316 g/mol. The first-order valence-corrected chi connectivity index (χ1v) is 7.43.